The van der Waals surface area contributed by atoms with Crippen LogP contribution in [0.2, 0.25) is 0 Å². The first-order valence-electron chi connectivity index (χ1n) is 10.7. The number of Topliss-reactive ketones (excluding diaryl/α,β-unsaturated/α-hetero) is 1. The highest BCUT2D eigenvalue weighted by molar-refractivity contribution is 7.15. The van der Waals surface area contributed by atoms with E-state index < -0.39 is 45.8 Å². The summed E-state index contributed by atoms with van der Waals surface area (Å²) in [7, 11) is 3.61. The second kappa shape index (κ2) is 9.13. The summed E-state index contributed by atoms with van der Waals surface area (Å²) in [5.74, 6) is -18.7. The van der Waals surface area contributed by atoms with Crippen molar-refractivity contribution in [2.45, 2.75) is 24.7 Å². The van der Waals surface area contributed by atoms with E-state index in [4.69, 9.17) is 14.2 Å². The molecule has 3 aromatic rings. The molecule has 0 spiro atoms. The number of ketones is 1. The number of carbonyl (C=O) groups excluding carboxylic acids is 1. The van der Waals surface area contributed by atoms with Gasteiger partial charge in [0.2, 0.25) is 5.75 Å². The Bertz CT molecular complexity index is 1370. The van der Waals surface area contributed by atoms with Crippen LogP contribution in [0.4, 0.5) is 26.3 Å². The van der Waals surface area contributed by atoms with Crippen molar-refractivity contribution >= 4 is 22.7 Å². The summed E-state index contributed by atoms with van der Waals surface area (Å²) < 4.78 is 105. The maximum Gasteiger partial charge on any atom is 0.380 e. The number of hydrogen-bond acceptors (Lipinski definition) is 5. The molecule has 196 valence electrons. The van der Waals surface area contributed by atoms with Gasteiger partial charge in [0.1, 0.15) is 0 Å². The van der Waals surface area contributed by atoms with Crippen LogP contribution in [0.25, 0.3) is 16.0 Å². The Morgan fingerprint density at radius 1 is 0.811 bits per heavy atom. The molecule has 0 bridgehead atoms. The van der Waals surface area contributed by atoms with Gasteiger partial charge in [0.15, 0.2) is 17.3 Å². The number of rotatable bonds is 7. The van der Waals surface area contributed by atoms with Gasteiger partial charge in [-0.1, -0.05) is 30.3 Å². The first-order chi connectivity index (χ1) is 17.3. The standard InChI is InChI=1S/C26H20F6O4S/c1-13-16(12-19(37-13)14-8-6-5-7-9-14)20-21(25(29,30)26(31,32)24(20,27)28)22(33)15-10-17(34-2)23(36-4)18(11-15)35-3/h5-12H,1-4H3. The second-order valence-corrected chi connectivity index (χ2v) is 9.42. The van der Waals surface area contributed by atoms with E-state index in [1.54, 1.807) is 30.3 Å². The number of carbonyl (C=O) groups is 1. The molecule has 0 atom stereocenters. The van der Waals surface area contributed by atoms with E-state index in [2.05, 4.69) is 0 Å². The maximum atomic E-state index is 15.2. The van der Waals surface area contributed by atoms with Crippen LogP contribution in [0.3, 0.4) is 0 Å². The zero-order valence-electron chi connectivity index (χ0n) is 19.9. The van der Waals surface area contributed by atoms with Crippen molar-refractivity contribution in [3.8, 4) is 27.7 Å². The first kappa shape index (κ1) is 26.6. The van der Waals surface area contributed by atoms with Gasteiger partial charge < -0.3 is 14.2 Å². The minimum atomic E-state index is -5.86. The fraction of sp³-hybridized carbons (Fsp3) is 0.269. The molecular weight excluding hydrogens is 522 g/mol. The maximum absolute atomic E-state index is 15.2. The lowest BCUT2D eigenvalue weighted by molar-refractivity contribution is -0.259. The van der Waals surface area contributed by atoms with Gasteiger partial charge in [-0.05, 0) is 36.2 Å². The second-order valence-electron chi connectivity index (χ2n) is 8.16. The van der Waals surface area contributed by atoms with Crippen LogP contribution < -0.4 is 14.2 Å². The monoisotopic (exact) mass is 542 g/mol. The van der Waals surface area contributed by atoms with Crippen LogP contribution in [0.15, 0.2) is 54.1 Å². The summed E-state index contributed by atoms with van der Waals surface area (Å²) in [6.07, 6.45) is 0. The summed E-state index contributed by atoms with van der Waals surface area (Å²) in [6, 6.07) is 11.4. The number of allylic oxidation sites excluding steroid dienone is 2. The molecule has 0 amide bonds. The van der Waals surface area contributed by atoms with E-state index in [1.165, 1.54) is 28.3 Å². The molecule has 37 heavy (non-hydrogen) atoms. The minimum Gasteiger partial charge on any atom is -0.493 e. The molecule has 2 aromatic carbocycles. The van der Waals surface area contributed by atoms with E-state index in [-0.39, 0.29) is 22.1 Å². The molecule has 1 aliphatic carbocycles. The van der Waals surface area contributed by atoms with Crippen molar-refractivity contribution < 1.29 is 45.3 Å². The van der Waals surface area contributed by atoms with Crippen LogP contribution in [0, 0.1) is 6.92 Å². The molecule has 0 N–H and O–H groups in total. The van der Waals surface area contributed by atoms with Crippen molar-refractivity contribution in [1.29, 1.82) is 0 Å². The van der Waals surface area contributed by atoms with Crippen molar-refractivity contribution in [3.63, 3.8) is 0 Å². The molecule has 11 heteroatoms. The molecule has 1 heterocycles. The van der Waals surface area contributed by atoms with Crippen molar-refractivity contribution in [1.82, 2.24) is 0 Å². The SMILES string of the molecule is COc1cc(C(=O)C2=C(c3cc(-c4ccccc4)sc3C)C(F)(F)C(F)(F)C2(F)F)cc(OC)c1OC. The average molecular weight is 542 g/mol. The minimum absolute atomic E-state index is 0.00854. The van der Waals surface area contributed by atoms with Crippen LogP contribution in [0.1, 0.15) is 20.8 Å². The number of hydrogen-bond donors (Lipinski definition) is 0. The lowest BCUT2D eigenvalue weighted by Gasteiger charge is -2.25. The van der Waals surface area contributed by atoms with Gasteiger partial charge >= 0.3 is 17.8 Å². The Morgan fingerprint density at radius 2 is 1.38 bits per heavy atom. The van der Waals surface area contributed by atoms with E-state index in [1.807, 2.05) is 0 Å². The number of aryl methyl sites for hydroxylation is 1. The quantitative estimate of drug-likeness (QED) is 0.232. The summed E-state index contributed by atoms with van der Waals surface area (Å²) in [5, 5.41) is 0. The summed E-state index contributed by atoms with van der Waals surface area (Å²) in [6.45, 7) is 1.34. The third-order valence-corrected chi connectivity index (χ3v) is 7.17. The highest BCUT2D eigenvalue weighted by Crippen LogP contribution is 2.63. The van der Waals surface area contributed by atoms with Crippen molar-refractivity contribution in [2.75, 3.05) is 21.3 Å². The third kappa shape index (κ3) is 3.87. The predicted molar refractivity (Wildman–Crippen MR) is 127 cm³/mol. The average Bonchev–Trinajstić information content (AvgIpc) is 3.30. The zero-order chi connectivity index (χ0) is 27.3. The van der Waals surface area contributed by atoms with Crippen LogP contribution in [-0.2, 0) is 0 Å². The largest absolute Gasteiger partial charge is 0.493 e. The molecule has 0 unspecified atom stereocenters. The number of thiophene rings is 1. The predicted octanol–water partition coefficient (Wildman–Crippen LogP) is 7.31. The van der Waals surface area contributed by atoms with Gasteiger partial charge in [-0.3, -0.25) is 4.79 Å². The Kier molecular flexibility index (Phi) is 6.56. The lowest BCUT2D eigenvalue weighted by Crippen LogP contribution is -2.49. The molecular formula is C26H20F6O4S. The van der Waals surface area contributed by atoms with E-state index in [0.717, 1.165) is 29.5 Å². The van der Waals surface area contributed by atoms with Crippen molar-refractivity contribution in [3.05, 3.63) is 70.1 Å². The zero-order valence-corrected chi connectivity index (χ0v) is 20.7. The lowest BCUT2D eigenvalue weighted by atomic mass is 9.93. The van der Waals surface area contributed by atoms with Gasteiger partial charge in [-0.25, -0.2) is 0 Å². The van der Waals surface area contributed by atoms with E-state index in [0.29, 0.717) is 10.4 Å². The van der Waals surface area contributed by atoms with E-state index in [9.17, 15) is 13.6 Å². The number of alkyl halides is 6. The molecule has 0 radical (unpaired) electrons. The van der Waals surface area contributed by atoms with Crippen molar-refractivity contribution in [2.24, 2.45) is 0 Å². The fourth-order valence-electron chi connectivity index (χ4n) is 4.22. The number of benzene rings is 2. The molecule has 1 aromatic heterocycles. The normalized spacial score (nSPS) is 17.6. The Labute approximate surface area is 212 Å². The molecule has 0 fully saturated rings. The molecule has 0 aliphatic heterocycles. The summed E-state index contributed by atoms with van der Waals surface area (Å²) in [5.41, 5.74) is -4.30. The smallest absolute Gasteiger partial charge is 0.380 e. The van der Waals surface area contributed by atoms with Gasteiger partial charge in [0, 0.05) is 20.9 Å². The van der Waals surface area contributed by atoms with E-state index >= 15 is 17.6 Å². The number of halogens is 6. The summed E-state index contributed by atoms with van der Waals surface area (Å²) >= 11 is 0.957. The summed E-state index contributed by atoms with van der Waals surface area (Å²) in [4.78, 5) is 13.8. The topological polar surface area (TPSA) is 44.8 Å². The third-order valence-electron chi connectivity index (χ3n) is 6.07. The van der Waals surface area contributed by atoms with Gasteiger partial charge in [0.05, 0.1) is 26.9 Å². The van der Waals surface area contributed by atoms with Crippen LogP contribution >= 0.6 is 11.3 Å². The fourth-order valence-corrected chi connectivity index (χ4v) is 5.25. The number of methoxy groups -OCH3 is 3. The molecule has 4 nitrogen and oxygen atoms in total. The Hall–Kier alpha value is -3.47. The molecule has 0 saturated carbocycles. The number of ether oxygens (including phenoxy) is 3. The highest BCUT2D eigenvalue weighted by Gasteiger charge is 2.81. The van der Waals surface area contributed by atoms with Gasteiger partial charge in [0.25, 0.3) is 0 Å². The van der Waals surface area contributed by atoms with Crippen LogP contribution in [-0.4, -0.2) is 44.9 Å². The van der Waals surface area contributed by atoms with Gasteiger partial charge in [-0.2, -0.15) is 26.3 Å². The highest BCUT2D eigenvalue weighted by atomic mass is 32.1. The Morgan fingerprint density at radius 3 is 1.89 bits per heavy atom. The first-order valence-corrected chi connectivity index (χ1v) is 11.5. The molecule has 4 rings (SSSR count). The molecule has 1 aliphatic rings. The van der Waals surface area contributed by atoms with Gasteiger partial charge in [-0.15, -0.1) is 11.3 Å². The molecule has 0 saturated heterocycles. The van der Waals surface area contributed by atoms with Crippen LogP contribution in [0.5, 0.6) is 17.2 Å². The Balaban J connectivity index is 2.01.